The van der Waals surface area contributed by atoms with Gasteiger partial charge in [-0.1, -0.05) is 0 Å². The lowest BCUT2D eigenvalue weighted by molar-refractivity contribution is -0.194. The summed E-state index contributed by atoms with van der Waals surface area (Å²) in [5, 5.41) is 9.06. The number of carbonyl (C=O) groups is 2. The van der Waals surface area contributed by atoms with Crippen molar-refractivity contribution in [2.24, 2.45) is 0 Å². The summed E-state index contributed by atoms with van der Waals surface area (Å²) in [6, 6.07) is 0. The molecule has 156 valence electrons. The minimum absolute atomic E-state index is 0.163. The van der Waals surface area contributed by atoms with E-state index in [4.69, 9.17) is 5.11 Å². The Morgan fingerprint density at radius 3 is 2.38 bits per heavy atom. The normalized spacial score (nSPS) is 14.9. The van der Waals surface area contributed by atoms with Crippen molar-refractivity contribution in [2.75, 3.05) is 0 Å². The number of H-pyrrole nitrogens is 2. The number of fused-ring (bicyclic) bond motifs is 1. The SMILES string of the molecule is O=C(Cc1c(O)nc[nH]c1=O)C(F)(F)Br.O=C1Cc2c(nc[nH]c2=O)OC1(F)F. The van der Waals surface area contributed by atoms with E-state index in [0.717, 1.165) is 12.7 Å². The maximum Gasteiger partial charge on any atom is 0.462 e. The molecule has 1 aliphatic heterocycles. The molecule has 0 atom stereocenters. The zero-order chi connectivity index (χ0) is 22.0. The fraction of sp³-hybridized carbons (Fsp3) is 0.286. The Morgan fingerprint density at radius 2 is 1.79 bits per heavy atom. The average molecular weight is 485 g/mol. The van der Waals surface area contributed by atoms with Crippen LogP contribution in [0.25, 0.3) is 0 Å². The molecule has 2 aromatic heterocycles. The molecule has 2 aromatic rings. The van der Waals surface area contributed by atoms with E-state index in [-0.39, 0.29) is 5.56 Å². The van der Waals surface area contributed by atoms with Crippen molar-refractivity contribution in [1.29, 1.82) is 0 Å². The maximum atomic E-state index is 12.7. The first kappa shape index (κ1) is 22.2. The second kappa shape index (κ2) is 8.10. The van der Waals surface area contributed by atoms with Gasteiger partial charge in [-0.15, -0.1) is 0 Å². The number of ether oxygens (including phenoxy) is 1. The Kier molecular flexibility index (Phi) is 6.20. The van der Waals surface area contributed by atoms with Gasteiger partial charge in [0.25, 0.3) is 11.1 Å². The number of hydrogen-bond acceptors (Lipinski definition) is 8. The van der Waals surface area contributed by atoms with Crippen molar-refractivity contribution in [2.45, 2.75) is 23.8 Å². The Bertz CT molecular complexity index is 1070. The summed E-state index contributed by atoms with van der Waals surface area (Å²) in [4.78, 5) is 50.9. The summed E-state index contributed by atoms with van der Waals surface area (Å²) in [6.07, 6.45) is -3.60. The highest BCUT2D eigenvalue weighted by Crippen LogP contribution is 2.28. The van der Waals surface area contributed by atoms with Crippen molar-refractivity contribution in [3.05, 3.63) is 44.5 Å². The van der Waals surface area contributed by atoms with Gasteiger partial charge in [0.15, 0.2) is 0 Å². The van der Waals surface area contributed by atoms with Crippen LogP contribution in [-0.2, 0) is 22.4 Å². The highest BCUT2D eigenvalue weighted by Gasteiger charge is 2.47. The van der Waals surface area contributed by atoms with Crippen LogP contribution in [0.3, 0.4) is 0 Å². The molecule has 15 heteroatoms. The molecular formula is C14H9BrF4N4O6. The highest BCUT2D eigenvalue weighted by molar-refractivity contribution is 9.10. The predicted molar refractivity (Wildman–Crippen MR) is 88.3 cm³/mol. The van der Waals surface area contributed by atoms with Crippen molar-refractivity contribution in [3.63, 3.8) is 0 Å². The Hall–Kier alpha value is -3.10. The summed E-state index contributed by atoms with van der Waals surface area (Å²) < 4.78 is 54.2. The molecule has 0 saturated heterocycles. The number of nitrogens with zero attached hydrogens (tertiary/aromatic N) is 2. The van der Waals surface area contributed by atoms with Crippen molar-refractivity contribution in [1.82, 2.24) is 19.9 Å². The van der Waals surface area contributed by atoms with Crippen LogP contribution in [0.15, 0.2) is 22.2 Å². The van der Waals surface area contributed by atoms with Gasteiger partial charge in [-0.25, -0.2) is 9.97 Å². The molecule has 10 nitrogen and oxygen atoms in total. The lowest BCUT2D eigenvalue weighted by Gasteiger charge is -2.21. The summed E-state index contributed by atoms with van der Waals surface area (Å²) in [6.45, 7) is 0. The number of rotatable bonds is 3. The topological polar surface area (TPSA) is 155 Å². The van der Waals surface area contributed by atoms with Crippen LogP contribution >= 0.6 is 15.9 Å². The smallest absolute Gasteiger partial charge is 0.462 e. The number of Topliss-reactive ketones (excluding diaryl/α,β-unsaturated/α-hetero) is 2. The first-order valence-electron chi connectivity index (χ1n) is 7.35. The van der Waals surface area contributed by atoms with Crippen LogP contribution < -0.4 is 15.9 Å². The van der Waals surface area contributed by atoms with E-state index >= 15 is 0 Å². The largest absolute Gasteiger partial charge is 0.493 e. The third-order valence-electron chi connectivity index (χ3n) is 3.38. The Morgan fingerprint density at radius 1 is 1.21 bits per heavy atom. The summed E-state index contributed by atoms with van der Waals surface area (Å²) >= 11 is 1.85. The molecule has 0 radical (unpaired) electrons. The molecule has 0 aromatic carbocycles. The number of ketones is 2. The molecular weight excluding hydrogens is 476 g/mol. The zero-order valence-electron chi connectivity index (χ0n) is 13.8. The monoisotopic (exact) mass is 484 g/mol. The zero-order valence-corrected chi connectivity index (χ0v) is 15.4. The first-order chi connectivity index (χ1) is 13.3. The maximum absolute atomic E-state index is 12.7. The van der Waals surface area contributed by atoms with Gasteiger partial charge >= 0.3 is 10.9 Å². The molecule has 3 rings (SSSR count). The summed E-state index contributed by atoms with van der Waals surface area (Å²) in [7, 11) is 0. The van der Waals surface area contributed by atoms with Gasteiger partial charge < -0.3 is 19.8 Å². The highest BCUT2D eigenvalue weighted by atomic mass is 79.9. The molecule has 0 bridgehead atoms. The minimum atomic E-state index is -3.88. The molecule has 0 fully saturated rings. The molecule has 0 amide bonds. The van der Waals surface area contributed by atoms with Crippen LogP contribution in [0, 0.1) is 0 Å². The van der Waals surface area contributed by atoms with Gasteiger partial charge in [-0.2, -0.15) is 17.6 Å². The number of aromatic nitrogens is 4. The van der Waals surface area contributed by atoms with Crippen molar-refractivity contribution < 1.29 is 37.0 Å². The van der Waals surface area contributed by atoms with Crippen LogP contribution in [0.2, 0.25) is 0 Å². The van der Waals surface area contributed by atoms with Crippen LogP contribution in [-0.4, -0.2) is 47.5 Å². The van der Waals surface area contributed by atoms with E-state index in [0.29, 0.717) is 0 Å². The van der Waals surface area contributed by atoms with E-state index in [1.165, 1.54) is 0 Å². The lowest BCUT2D eigenvalue weighted by atomic mass is 10.1. The third kappa shape index (κ3) is 5.24. The quantitative estimate of drug-likeness (QED) is 0.418. The van der Waals surface area contributed by atoms with E-state index in [1.54, 1.807) is 0 Å². The molecule has 0 aliphatic carbocycles. The number of aromatic hydroxyl groups is 1. The second-order valence-corrected chi connectivity index (χ2v) is 6.36. The second-order valence-electron chi connectivity index (χ2n) is 5.37. The molecule has 29 heavy (non-hydrogen) atoms. The van der Waals surface area contributed by atoms with Crippen LogP contribution in [0.5, 0.6) is 11.8 Å². The standard InChI is InChI=1S/C7H5BrF2N2O3.C7H4F2N2O3/c8-7(9,10)4(13)1-3-5(14)11-2-12-6(3)15;8-7(9)4(12)1-3-5(13)10-2-11-6(3)14-7/h2H,1H2,(H2,11,12,14,15);2H,1H2,(H,10,11,13). The molecule has 3 heterocycles. The molecule has 0 spiro atoms. The number of alkyl halides is 5. The van der Waals surface area contributed by atoms with Crippen molar-refractivity contribution >= 4 is 27.5 Å². The predicted octanol–water partition coefficient (Wildman–Crippen LogP) is 0.441. The van der Waals surface area contributed by atoms with Crippen LogP contribution in [0.4, 0.5) is 17.6 Å². The molecule has 0 saturated carbocycles. The third-order valence-corrected chi connectivity index (χ3v) is 3.82. The van der Waals surface area contributed by atoms with Gasteiger partial charge in [0.1, 0.15) is 0 Å². The van der Waals surface area contributed by atoms with E-state index in [1.807, 2.05) is 15.9 Å². The van der Waals surface area contributed by atoms with E-state index < -0.39 is 63.8 Å². The van der Waals surface area contributed by atoms with E-state index in [2.05, 4.69) is 24.7 Å². The summed E-state index contributed by atoms with van der Waals surface area (Å²) in [5.74, 6) is -4.19. The minimum Gasteiger partial charge on any atom is -0.493 e. The number of nitrogens with one attached hydrogen (secondary N) is 2. The van der Waals surface area contributed by atoms with Gasteiger partial charge in [-0.05, 0) is 15.9 Å². The number of halogens is 5. The molecule has 1 aliphatic rings. The lowest BCUT2D eigenvalue weighted by Crippen LogP contribution is -2.42. The van der Waals surface area contributed by atoms with Crippen LogP contribution in [0.1, 0.15) is 11.1 Å². The fourth-order valence-corrected chi connectivity index (χ4v) is 2.08. The first-order valence-corrected chi connectivity index (χ1v) is 8.14. The molecule has 0 unspecified atom stereocenters. The fourth-order valence-electron chi connectivity index (χ4n) is 1.94. The van der Waals surface area contributed by atoms with Gasteiger partial charge in [0.2, 0.25) is 23.3 Å². The molecule has 3 N–H and O–H groups in total. The number of aromatic amines is 2. The van der Waals surface area contributed by atoms with Crippen molar-refractivity contribution in [3.8, 4) is 11.8 Å². The van der Waals surface area contributed by atoms with Gasteiger partial charge in [-0.3, -0.25) is 19.2 Å². The van der Waals surface area contributed by atoms with E-state index in [9.17, 15) is 36.7 Å². The Labute approximate surface area is 165 Å². The van der Waals surface area contributed by atoms with Gasteiger partial charge in [0.05, 0.1) is 30.2 Å². The summed E-state index contributed by atoms with van der Waals surface area (Å²) in [5.41, 5.74) is -2.11. The number of carbonyl (C=O) groups excluding carboxylic acids is 2. The van der Waals surface area contributed by atoms with Gasteiger partial charge in [0, 0.05) is 6.42 Å². The average Bonchev–Trinajstić information content (AvgIpc) is 2.59. The Balaban J connectivity index is 0.000000207. The number of hydrogen-bond donors (Lipinski definition) is 3.